The fourth-order valence-electron chi connectivity index (χ4n) is 1.52. The summed E-state index contributed by atoms with van der Waals surface area (Å²) in [7, 11) is 3.51. The van der Waals surface area contributed by atoms with Crippen molar-refractivity contribution in [3.8, 4) is 17.2 Å². The molecule has 0 atom stereocenters. The number of hydrogen-bond acceptors (Lipinski definition) is 5. The van der Waals surface area contributed by atoms with E-state index in [0.717, 1.165) is 24.3 Å². The van der Waals surface area contributed by atoms with Gasteiger partial charge in [-0.1, -0.05) is 17.3 Å². The topological polar surface area (TPSA) is 60.2 Å². The maximum absolute atomic E-state index is 5.25. The molecule has 0 amide bonds. The predicted octanol–water partition coefficient (Wildman–Crippen LogP) is 1.51. The molecular weight excluding hydrogens is 218 g/mol. The van der Waals surface area contributed by atoms with Crippen LogP contribution in [0.25, 0.3) is 11.5 Å². The summed E-state index contributed by atoms with van der Waals surface area (Å²) in [5.74, 6) is 1.92. The van der Waals surface area contributed by atoms with E-state index < -0.39 is 0 Å². The van der Waals surface area contributed by atoms with Gasteiger partial charge in [-0.3, -0.25) is 0 Å². The van der Waals surface area contributed by atoms with Gasteiger partial charge in [-0.15, -0.1) is 0 Å². The van der Waals surface area contributed by atoms with Crippen molar-refractivity contribution in [2.24, 2.45) is 0 Å². The highest BCUT2D eigenvalue weighted by atomic mass is 16.5. The average molecular weight is 233 g/mol. The van der Waals surface area contributed by atoms with Crippen LogP contribution in [0.3, 0.4) is 0 Å². The molecule has 0 saturated carbocycles. The van der Waals surface area contributed by atoms with Gasteiger partial charge < -0.3 is 14.6 Å². The third-order valence-corrected chi connectivity index (χ3v) is 2.40. The first-order valence-corrected chi connectivity index (χ1v) is 5.45. The van der Waals surface area contributed by atoms with Crippen molar-refractivity contribution in [3.05, 3.63) is 30.1 Å². The molecule has 17 heavy (non-hydrogen) atoms. The molecule has 0 bridgehead atoms. The summed E-state index contributed by atoms with van der Waals surface area (Å²) in [6.07, 6.45) is 0.745. The Balaban J connectivity index is 2.24. The first kappa shape index (κ1) is 11.6. The fourth-order valence-corrected chi connectivity index (χ4v) is 1.52. The van der Waals surface area contributed by atoms with E-state index in [-0.39, 0.29) is 0 Å². The molecule has 5 heteroatoms. The molecule has 1 aromatic carbocycles. The highest BCUT2D eigenvalue weighted by Crippen LogP contribution is 2.27. The maximum atomic E-state index is 5.25. The summed E-state index contributed by atoms with van der Waals surface area (Å²) >= 11 is 0. The first-order valence-electron chi connectivity index (χ1n) is 5.45. The van der Waals surface area contributed by atoms with Crippen LogP contribution in [0.2, 0.25) is 0 Å². The molecular formula is C12H15N3O2. The van der Waals surface area contributed by atoms with Crippen molar-refractivity contribution in [3.63, 3.8) is 0 Å². The third-order valence-electron chi connectivity index (χ3n) is 2.40. The van der Waals surface area contributed by atoms with E-state index in [1.54, 1.807) is 7.11 Å². The zero-order chi connectivity index (χ0) is 12.1. The molecule has 0 saturated heterocycles. The van der Waals surface area contributed by atoms with Crippen LogP contribution in [-0.2, 0) is 6.42 Å². The van der Waals surface area contributed by atoms with Crippen molar-refractivity contribution in [2.45, 2.75) is 6.42 Å². The maximum Gasteiger partial charge on any atom is 0.261 e. The zero-order valence-corrected chi connectivity index (χ0v) is 9.93. The molecule has 5 nitrogen and oxygen atoms in total. The molecule has 2 aromatic rings. The summed E-state index contributed by atoms with van der Waals surface area (Å²) in [5.41, 5.74) is 0.818. The Morgan fingerprint density at radius 2 is 2.18 bits per heavy atom. The third kappa shape index (κ3) is 2.62. The normalized spacial score (nSPS) is 10.5. The van der Waals surface area contributed by atoms with Crippen molar-refractivity contribution in [1.82, 2.24) is 15.5 Å². The van der Waals surface area contributed by atoms with E-state index in [4.69, 9.17) is 9.26 Å². The Morgan fingerprint density at radius 3 is 2.94 bits per heavy atom. The number of benzene rings is 1. The highest BCUT2D eigenvalue weighted by Gasteiger charge is 2.12. The van der Waals surface area contributed by atoms with Gasteiger partial charge >= 0.3 is 0 Å². The van der Waals surface area contributed by atoms with Gasteiger partial charge in [0.05, 0.1) is 12.7 Å². The summed E-state index contributed by atoms with van der Waals surface area (Å²) in [5, 5.41) is 6.97. The zero-order valence-electron chi connectivity index (χ0n) is 9.93. The largest absolute Gasteiger partial charge is 0.496 e. The number of aromatic nitrogens is 2. The van der Waals surface area contributed by atoms with E-state index in [9.17, 15) is 0 Å². The Morgan fingerprint density at radius 1 is 1.35 bits per heavy atom. The van der Waals surface area contributed by atoms with Crippen LogP contribution in [0.5, 0.6) is 5.75 Å². The minimum absolute atomic E-state index is 0.494. The lowest BCUT2D eigenvalue weighted by Crippen LogP contribution is -2.11. The van der Waals surface area contributed by atoms with Crippen LogP contribution in [0.1, 0.15) is 5.82 Å². The number of hydrogen-bond donors (Lipinski definition) is 1. The highest BCUT2D eigenvalue weighted by molar-refractivity contribution is 5.62. The van der Waals surface area contributed by atoms with Crippen LogP contribution in [-0.4, -0.2) is 30.8 Å². The molecule has 0 unspecified atom stereocenters. The van der Waals surface area contributed by atoms with Gasteiger partial charge in [0.25, 0.3) is 5.89 Å². The van der Waals surface area contributed by atoms with Gasteiger partial charge in [0.1, 0.15) is 5.75 Å². The van der Waals surface area contributed by atoms with Gasteiger partial charge in [-0.25, -0.2) is 0 Å². The lowest BCUT2D eigenvalue weighted by molar-refractivity contribution is 0.402. The van der Waals surface area contributed by atoms with Gasteiger partial charge in [0, 0.05) is 13.0 Å². The average Bonchev–Trinajstić information content (AvgIpc) is 2.85. The molecule has 0 spiro atoms. The van der Waals surface area contributed by atoms with Crippen LogP contribution in [0, 0.1) is 0 Å². The minimum Gasteiger partial charge on any atom is -0.496 e. The lowest BCUT2D eigenvalue weighted by Gasteiger charge is -2.02. The standard InChI is InChI=1S/C12H15N3O2/c1-13-8-7-11-14-12(17-15-11)9-5-3-4-6-10(9)16-2/h3-6,13H,7-8H2,1-2H3. The number of nitrogens with one attached hydrogen (secondary N) is 1. The van der Waals surface area contributed by atoms with E-state index in [0.29, 0.717) is 11.7 Å². The first-order chi connectivity index (χ1) is 8.35. The molecule has 0 aliphatic rings. The summed E-state index contributed by atoms with van der Waals surface area (Å²) in [6.45, 7) is 0.824. The molecule has 0 fully saturated rings. The molecule has 1 aromatic heterocycles. The molecule has 0 aliphatic carbocycles. The molecule has 0 aliphatic heterocycles. The van der Waals surface area contributed by atoms with Gasteiger partial charge in [0.2, 0.25) is 0 Å². The molecule has 2 rings (SSSR count). The Bertz CT molecular complexity index is 482. The second-order valence-electron chi connectivity index (χ2n) is 3.57. The monoisotopic (exact) mass is 233 g/mol. The van der Waals surface area contributed by atoms with Crippen molar-refractivity contribution in [2.75, 3.05) is 20.7 Å². The van der Waals surface area contributed by atoms with E-state index in [2.05, 4.69) is 15.5 Å². The Kier molecular flexibility index (Phi) is 3.72. The minimum atomic E-state index is 0.494. The van der Waals surface area contributed by atoms with E-state index in [1.807, 2.05) is 31.3 Å². The molecule has 0 radical (unpaired) electrons. The lowest BCUT2D eigenvalue weighted by atomic mass is 10.2. The van der Waals surface area contributed by atoms with Crippen molar-refractivity contribution < 1.29 is 9.26 Å². The molecule has 1 heterocycles. The van der Waals surface area contributed by atoms with Crippen LogP contribution >= 0.6 is 0 Å². The molecule has 1 N–H and O–H groups in total. The second kappa shape index (κ2) is 5.45. The van der Waals surface area contributed by atoms with Gasteiger partial charge in [-0.05, 0) is 19.2 Å². The quantitative estimate of drug-likeness (QED) is 0.848. The van der Waals surface area contributed by atoms with E-state index >= 15 is 0 Å². The summed E-state index contributed by atoms with van der Waals surface area (Å²) in [6, 6.07) is 7.58. The SMILES string of the molecule is CNCCc1noc(-c2ccccc2OC)n1. The predicted molar refractivity (Wildman–Crippen MR) is 63.9 cm³/mol. The van der Waals surface area contributed by atoms with Gasteiger partial charge in [-0.2, -0.15) is 4.98 Å². The van der Waals surface area contributed by atoms with Crippen LogP contribution in [0.15, 0.2) is 28.8 Å². The van der Waals surface area contributed by atoms with Crippen LogP contribution in [0.4, 0.5) is 0 Å². The second-order valence-corrected chi connectivity index (χ2v) is 3.57. The Labute approximate surface area is 99.8 Å². The number of nitrogens with zero attached hydrogens (tertiary/aromatic N) is 2. The number of rotatable bonds is 5. The van der Waals surface area contributed by atoms with Gasteiger partial charge in [0.15, 0.2) is 5.82 Å². The van der Waals surface area contributed by atoms with Crippen LogP contribution < -0.4 is 10.1 Å². The summed E-state index contributed by atoms with van der Waals surface area (Å²) in [4.78, 5) is 4.33. The Hall–Kier alpha value is -1.88. The van der Waals surface area contributed by atoms with Crippen molar-refractivity contribution in [1.29, 1.82) is 0 Å². The number of likely N-dealkylation sites (N-methyl/N-ethyl adjacent to an activating group) is 1. The smallest absolute Gasteiger partial charge is 0.261 e. The number of para-hydroxylation sites is 1. The molecule has 90 valence electrons. The number of ether oxygens (including phenoxy) is 1. The van der Waals surface area contributed by atoms with E-state index in [1.165, 1.54) is 0 Å². The summed E-state index contributed by atoms with van der Waals surface area (Å²) < 4.78 is 10.5. The fraction of sp³-hybridized carbons (Fsp3) is 0.333. The van der Waals surface area contributed by atoms with Crippen molar-refractivity contribution >= 4 is 0 Å². The number of methoxy groups -OCH3 is 1.